The zero-order valence-corrected chi connectivity index (χ0v) is 12.2. The lowest BCUT2D eigenvalue weighted by Gasteiger charge is -2.10. The molecule has 0 aliphatic heterocycles. The number of nitro groups is 1. The molecule has 0 fully saturated rings. The van der Waals surface area contributed by atoms with Crippen molar-refractivity contribution in [1.82, 2.24) is 4.72 Å². The van der Waals surface area contributed by atoms with Crippen LogP contribution in [-0.2, 0) is 14.8 Å². The van der Waals surface area contributed by atoms with Gasteiger partial charge in [-0.3, -0.25) is 14.9 Å². The normalized spacial score (nSPS) is 11.6. The minimum Gasteiger partial charge on any atom is -0.298 e. The number of sulfonamides is 1. The molecule has 0 unspecified atom stereocenters. The molecule has 0 spiro atoms. The van der Waals surface area contributed by atoms with Gasteiger partial charge in [-0.2, -0.15) is 0 Å². The van der Waals surface area contributed by atoms with Crippen molar-refractivity contribution in [3.63, 3.8) is 0 Å². The van der Waals surface area contributed by atoms with Gasteiger partial charge < -0.3 is 0 Å². The van der Waals surface area contributed by atoms with Crippen LogP contribution in [0.1, 0.15) is 19.4 Å². The summed E-state index contributed by atoms with van der Waals surface area (Å²) in [5.41, 5.74) is -0.231. The summed E-state index contributed by atoms with van der Waals surface area (Å²) in [5, 5.41) is 10.8. The molecular formula is C12H16N2O5S. The van der Waals surface area contributed by atoms with Crippen LogP contribution in [0.25, 0.3) is 0 Å². The second kappa shape index (κ2) is 6.10. The third kappa shape index (κ3) is 3.61. The van der Waals surface area contributed by atoms with Gasteiger partial charge in [-0.05, 0) is 13.0 Å². The highest BCUT2D eigenvalue weighted by atomic mass is 32.2. The Morgan fingerprint density at radius 1 is 1.40 bits per heavy atom. The molecule has 0 bridgehead atoms. The SMILES string of the molecule is Cc1c([N+](=O)[O-])cccc1S(=O)(=O)NCC(=O)C(C)C. The number of Topliss-reactive ketones (excluding diaryl/α,β-unsaturated/α-hetero) is 1. The van der Waals surface area contributed by atoms with Crippen LogP contribution in [0.15, 0.2) is 23.1 Å². The van der Waals surface area contributed by atoms with Crippen LogP contribution in [0.4, 0.5) is 5.69 Å². The lowest BCUT2D eigenvalue weighted by Crippen LogP contribution is -2.32. The van der Waals surface area contributed by atoms with Gasteiger partial charge in [-0.25, -0.2) is 13.1 Å². The minimum atomic E-state index is -3.95. The summed E-state index contributed by atoms with van der Waals surface area (Å²) in [5.74, 6) is -0.541. The second-order valence-corrected chi connectivity index (χ2v) is 6.34. The van der Waals surface area contributed by atoms with Gasteiger partial charge >= 0.3 is 0 Å². The highest BCUT2D eigenvalue weighted by Crippen LogP contribution is 2.24. The molecule has 0 aromatic heterocycles. The van der Waals surface area contributed by atoms with Crippen molar-refractivity contribution in [2.24, 2.45) is 5.92 Å². The number of benzene rings is 1. The fourth-order valence-electron chi connectivity index (χ4n) is 1.54. The van der Waals surface area contributed by atoms with E-state index in [1.807, 2.05) is 0 Å². The summed E-state index contributed by atoms with van der Waals surface area (Å²) in [6, 6.07) is 3.79. The van der Waals surface area contributed by atoms with E-state index in [1.165, 1.54) is 25.1 Å². The summed E-state index contributed by atoms with van der Waals surface area (Å²) < 4.78 is 26.3. The summed E-state index contributed by atoms with van der Waals surface area (Å²) in [6.07, 6.45) is 0. The second-order valence-electron chi connectivity index (χ2n) is 4.60. The zero-order chi connectivity index (χ0) is 15.5. The van der Waals surface area contributed by atoms with E-state index >= 15 is 0 Å². The molecule has 0 aliphatic rings. The van der Waals surface area contributed by atoms with Crippen molar-refractivity contribution in [3.05, 3.63) is 33.9 Å². The van der Waals surface area contributed by atoms with Gasteiger partial charge in [0.2, 0.25) is 10.0 Å². The van der Waals surface area contributed by atoms with Crippen LogP contribution in [0.3, 0.4) is 0 Å². The summed E-state index contributed by atoms with van der Waals surface area (Å²) in [4.78, 5) is 21.4. The summed E-state index contributed by atoms with van der Waals surface area (Å²) >= 11 is 0. The summed E-state index contributed by atoms with van der Waals surface area (Å²) in [6.45, 7) is 4.35. The molecule has 0 radical (unpaired) electrons. The van der Waals surface area contributed by atoms with Gasteiger partial charge in [0, 0.05) is 17.5 Å². The Morgan fingerprint density at radius 3 is 2.50 bits per heavy atom. The van der Waals surface area contributed by atoms with Crippen LogP contribution in [0, 0.1) is 23.0 Å². The molecule has 1 N–H and O–H groups in total. The average molecular weight is 300 g/mol. The maximum absolute atomic E-state index is 12.1. The monoisotopic (exact) mass is 300 g/mol. The molecule has 110 valence electrons. The predicted octanol–water partition coefficient (Wildman–Crippen LogP) is 1.41. The maximum Gasteiger partial charge on any atom is 0.273 e. The van der Waals surface area contributed by atoms with Crippen LogP contribution < -0.4 is 4.72 Å². The molecule has 1 rings (SSSR count). The number of hydrogen-bond donors (Lipinski definition) is 1. The van der Waals surface area contributed by atoms with Crippen molar-refractivity contribution in [3.8, 4) is 0 Å². The first kappa shape index (κ1) is 16.3. The van der Waals surface area contributed by atoms with E-state index in [-0.39, 0.29) is 34.4 Å². The van der Waals surface area contributed by atoms with Crippen molar-refractivity contribution in [2.75, 3.05) is 6.54 Å². The third-order valence-electron chi connectivity index (χ3n) is 2.82. The highest BCUT2D eigenvalue weighted by molar-refractivity contribution is 7.89. The van der Waals surface area contributed by atoms with E-state index in [0.29, 0.717) is 0 Å². The standard InChI is InChI=1S/C12H16N2O5S/c1-8(2)11(15)7-13-20(18,19)12-6-4-5-10(9(12)3)14(16)17/h4-6,8,13H,7H2,1-3H3. The molecule has 7 nitrogen and oxygen atoms in total. The van der Waals surface area contributed by atoms with Crippen LogP contribution in [-0.4, -0.2) is 25.7 Å². The molecule has 20 heavy (non-hydrogen) atoms. The highest BCUT2D eigenvalue weighted by Gasteiger charge is 2.23. The molecule has 8 heteroatoms. The number of carbonyl (C=O) groups excluding carboxylic acids is 1. The van der Waals surface area contributed by atoms with E-state index in [1.54, 1.807) is 13.8 Å². The van der Waals surface area contributed by atoms with Gasteiger partial charge in [0.05, 0.1) is 16.4 Å². The molecule has 0 saturated carbocycles. The van der Waals surface area contributed by atoms with Gasteiger partial charge in [-0.15, -0.1) is 0 Å². The first-order valence-electron chi connectivity index (χ1n) is 5.93. The van der Waals surface area contributed by atoms with E-state index in [9.17, 15) is 23.3 Å². The quantitative estimate of drug-likeness (QED) is 0.631. The number of ketones is 1. The van der Waals surface area contributed by atoms with Gasteiger partial charge in [0.25, 0.3) is 5.69 Å². The van der Waals surface area contributed by atoms with Crippen LogP contribution in [0.2, 0.25) is 0 Å². The van der Waals surface area contributed by atoms with Gasteiger partial charge in [0.1, 0.15) is 5.78 Å². The molecule has 0 saturated heterocycles. The van der Waals surface area contributed by atoms with Crippen LogP contribution in [0.5, 0.6) is 0 Å². The number of nitro benzene ring substituents is 1. The number of rotatable bonds is 6. The van der Waals surface area contributed by atoms with E-state index in [4.69, 9.17) is 0 Å². The summed E-state index contributed by atoms with van der Waals surface area (Å²) in [7, 11) is -3.95. The Kier molecular flexibility index (Phi) is 4.96. The fourth-order valence-corrected chi connectivity index (χ4v) is 2.79. The van der Waals surface area contributed by atoms with Crippen LogP contribution >= 0.6 is 0 Å². The number of carbonyl (C=O) groups is 1. The molecule has 0 amide bonds. The van der Waals surface area contributed by atoms with E-state index in [2.05, 4.69) is 4.72 Å². The molecular weight excluding hydrogens is 284 g/mol. The van der Waals surface area contributed by atoms with Gasteiger partial charge in [-0.1, -0.05) is 19.9 Å². The Morgan fingerprint density at radius 2 is 2.00 bits per heavy atom. The lowest BCUT2D eigenvalue weighted by atomic mass is 10.1. The lowest BCUT2D eigenvalue weighted by molar-refractivity contribution is -0.385. The largest absolute Gasteiger partial charge is 0.298 e. The molecule has 1 aromatic carbocycles. The molecule has 0 atom stereocenters. The average Bonchev–Trinajstić information content (AvgIpc) is 2.35. The molecule has 0 aliphatic carbocycles. The maximum atomic E-state index is 12.1. The minimum absolute atomic E-state index is 0.0435. The van der Waals surface area contributed by atoms with Crippen molar-refractivity contribution in [2.45, 2.75) is 25.7 Å². The fraction of sp³-hybridized carbons (Fsp3) is 0.417. The van der Waals surface area contributed by atoms with Gasteiger partial charge in [0.15, 0.2) is 0 Å². The molecule has 1 aromatic rings. The first-order chi connectivity index (χ1) is 9.16. The Labute approximate surface area is 117 Å². The van der Waals surface area contributed by atoms with E-state index in [0.717, 1.165) is 0 Å². The Bertz CT molecular complexity index is 637. The van der Waals surface area contributed by atoms with E-state index < -0.39 is 14.9 Å². The zero-order valence-electron chi connectivity index (χ0n) is 11.4. The van der Waals surface area contributed by atoms with Crippen molar-refractivity contribution < 1.29 is 18.1 Å². The first-order valence-corrected chi connectivity index (χ1v) is 7.41. The molecule has 0 heterocycles. The van der Waals surface area contributed by atoms with Crippen molar-refractivity contribution in [1.29, 1.82) is 0 Å². The third-order valence-corrected chi connectivity index (χ3v) is 4.37. The number of hydrogen-bond acceptors (Lipinski definition) is 5. The van der Waals surface area contributed by atoms with Crippen molar-refractivity contribution >= 4 is 21.5 Å². The number of nitrogens with zero attached hydrogens (tertiary/aromatic N) is 1. The Balaban J connectivity index is 3.08. The topological polar surface area (TPSA) is 106 Å². The smallest absolute Gasteiger partial charge is 0.273 e. The predicted molar refractivity (Wildman–Crippen MR) is 72.9 cm³/mol. The Hall–Kier alpha value is -1.80. The number of nitrogens with one attached hydrogen (secondary N) is 1.